The fraction of sp³-hybridized carbons (Fsp3) is 0.348. The van der Waals surface area contributed by atoms with E-state index in [0.717, 1.165) is 0 Å². The van der Waals surface area contributed by atoms with Gasteiger partial charge in [0, 0.05) is 37.4 Å². The maximum atomic E-state index is 13.8. The Hall–Kier alpha value is -3.95. The zero-order valence-electron chi connectivity index (χ0n) is 29.3. The number of benzene rings is 2. The summed E-state index contributed by atoms with van der Waals surface area (Å²) in [6.07, 6.45) is -2.39. The van der Waals surface area contributed by atoms with Gasteiger partial charge in [-0.25, -0.2) is 4.98 Å². The third kappa shape index (κ3) is 3.88. The van der Waals surface area contributed by atoms with E-state index in [1.54, 1.807) is 0 Å². The van der Waals surface area contributed by atoms with Gasteiger partial charge in [0.05, 0.1) is 33.4 Å². The Morgan fingerprint density at radius 1 is 1.12 bits per heavy atom. The van der Waals surface area contributed by atoms with Crippen LogP contribution in [0.15, 0.2) is 36.4 Å². The number of methoxy groups -OCH3 is 2. The van der Waals surface area contributed by atoms with E-state index in [4.69, 9.17) is 35.5 Å². The molecule has 1 unspecified atom stereocenters. The van der Waals surface area contributed by atoms with E-state index in [2.05, 4.69) is 9.97 Å². The number of para-hydroxylation sites is 2. The van der Waals surface area contributed by atoms with Crippen LogP contribution in [0.2, 0.25) is 2.82 Å². The second-order valence-corrected chi connectivity index (χ2v) is 6.69. The van der Waals surface area contributed by atoms with Crippen molar-refractivity contribution in [2.24, 2.45) is 0 Å². The van der Waals surface area contributed by atoms with Crippen LogP contribution in [0.3, 0.4) is 0 Å². The Morgan fingerprint density at radius 3 is 2.58 bits per heavy atom. The van der Waals surface area contributed by atoms with Gasteiger partial charge in [-0.1, -0.05) is 12.1 Å². The number of hydrogen-bond acceptors (Lipinski definition) is 9. The van der Waals surface area contributed by atoms with Crippen LogP contribution >= 0.6 is 0 Å². The highest BCUT2D eigenvalue weighted by molar-refractivity contribution is 5.91. The molecule has 10 heteroatoms. The number of nitrogens with zero attached hydrogens (tertiary/aromatic N) is 4. The molecule has 0 radical (unpaired) electrons. The molecule has 1 amide bonds. The maximum Gasteiger partial charge on any atom is 0.267 e. The second-order valence-electron chi connectivity index (χ2n) is 6.69. The van der Waals surface area contributed by atoms with Gasteiger partial charge < -0.3 is 34.5 Å². The first-order valence-electron chi connectivity index (χ1n) is 15.4. The normalized spacial score (nSPS) is 30.5. The number of carbonyl (C=O) groups excluding carboxylic acids is 1. The number of rotatable bonds is 5. The van der Waals surface area contributed by atoms with E-state index in [1.165, 1.54) is 50.6 Å². The van der Waals surface area contributed by atoms with Crippen LogP contribution in [0.1, 0.15) is 13.7 Å². The number of aromatic nitrogens is 2. The van der Waals surface area contributed by atoms with E-state index >= 15 is 0 Å². The summed E-state index contributed by atoms with van der Waals surface area (Å²) < 4.78 is 123. The molecule has 2 aromatic carbocycles. The van der Waals surface area contributed by atoms with Crippen molar-refractivity contribution in [1.29, 1.82) is 0 Å². The van der Waals surface area contributed by atoms with Crippen molar-refractivity contribution in [2.45, 2.75) is 6.10 Å². The van der Waals surface area contributed by atoms with Crippen molar-refractivity contribution < 1.29 is 40.3 Å². The first kappa shape index (κ1) is 11.3. The topological polar surface area (TPSA) is 112 Å². The highest BCUT2D eigenvalue weighted by Gasteiger charge is 2.33. The molecule has 1 atom stereocenters. The summed E-state index contributed by atoms with van der Waals surface area (Å²) in [7, 11) is 2.62. The molecule has 3 aromatic rings. The van der Waals surface area contributed by atoms with Gasteiger partial charge in [-0.05, 0) is 18.2 Å². The highest BCUT2D eigenvalue weighted by Crippen LogP contribution is 2.34. The standard InChI is InChI=1S/C23H25N5O5/c1-30-18-11-14-15(12-19(18)31-2)25-23(26-21(14)24)28-9-7-27(8-10-28)22(29)20-13-32-16-5-3-4-6-17(16)33-20/h3-6,11-12,20H,7-10,13H2,1-2H3,(H2,24,25,26)/i7D2,8D2,9D2,10D2,13D2/hD2. The molecule has 2 aliphatic rings. The average Bonchev–Trinajstić information content (AvgIpc) is 2.93. The predicted octanol–water partition coefficient (Wildman–Crippen LogP) is 1.72. The number of fused-ring (bicyclic) bond motifs is 2. The lowest BCUT2D eigenvalue weighted by Gasteiger charge is -2.37. The molecular formula is C23H25N5O5. The van der Waals surface area contributed by atoms with Gasteiger partial charge in [0.25, 0.3) is 5.91 Å². The van der Waals surface area contributed by atoms with Gasteiger partial charge in [-0.15, -0.1) is 0 Å². The third-order valence-corrected chi connectivity index (χ3v) is 4.73. The lowest BCUT2D eigenvalue weighted by molar-refractivity contribution is -0.141. The first-order valence-corrected chi connectivity index (χ1v) is 9.55. The molecule has 10 nitrogen and oxygen atoms in total. The monoisotopic (exact) mass is 463 g/mol. The molecule has 0 spiro atoms. The minimum absolute atomic E-state index is 0.000633. The number of amides is 1. The molecule has 172 valence electrons. The van der Waals surface area contributed by atoms with Gasteiger partial charge in [0.15, 0.2) is 25.8 Å². The minimum atomic E-state index is -3.77. The zero-order chi connectivity index (χ0) is 33.5. The van der Waals surface area contributed by atoms with Crippen LogP contribution < -0.4 is 29.6 Å². The first-order chi connectivity index (χ1) is 20.7. The van der Waals surface area contributed by atoms with E-state index in [0.29, 0.717) is 0 Å². The van der Waals surface area contributed by atoms with Crippen molar-refractivity contribution >= 4 is 28.6 Å². The summed E-state index contributed by atoms with van der Waals surface area (Å²) in [4.78, 5) is 21.4. The molecule has 0 bridgehead atoms. The molecule has 0 saturated carbocycles. The van der Waals surface area contributed by atoms with Crippen LogP contribution in [0.5, 0.6) is 23.0 Å². The maximum absolute atomic E-state index is 13.8. The SMILES string of the molecule is [2H]N([2H])c1nc(N2C([2H])([2H])C([2H])([2H])N(C(=O)C3Oc4ccccc4OC3([2H])[2H])C([2H])([2H])C2([2H])[2H])nc2cc(OC)c(OC)cc12. The molecule has 2 N–H and O–H groups in total. The molecular weight excluding hydrogens is 426 g/mol. The Balaban J connectivity index is 1.67. The summed E-state index contributed by atoms with van der Waals surface area (Å²) in [5, 5.41) is -0.000633. The van der Waals surface area contributed by atoms with Crippen LogP contribution in [0.4, 0.5) is 11.8 Å². The summed E-state index contributed by atoms with van der Waals surface area (Å²) in [5.41, 5.74) is -0.128. The fourth-order valence-corrected chi connectivity index (χ4v) is 3.11. The van der Waals surface area contributed by atoms with Crippen molar-refractivity contribution in [3.05, 3.63) is 36.4 Å². The Morgan fingerprint density at radius 2 is 1.85 bits per heavy atom. The Kier molecular flexibility index (Phi) is 2.91. The van der Waals surface area contributed by atoms with Gasteiger partial charge in [-0.2, -0.15) is 4.98 Å². The van der Waals surface area contributed by atoms with Crippen LogP contribution in [-0.2, 0) is 4.79 Å². The van der Waals surface area contributed by atoms with Gasteiger partial charge in [0.1, 0.15) is 12.4 Å². The molecule has 2 aliphatic heterocycles. The Bertz CT molecular complexity index is 1650. The lowest BCUT2D eigenvalue weighted by Crippen LogP contribution is -2.54. The van der Waals surface area contributed by atoms with Gasteiger partial charge in [-0.3, -0.25) is 4.79 Å². The zero-order valence-corrected chi connectivity index (χ0v) is 17.3. The quantitative estimate of drug-likeness (QED) is 0.604. The molecule has 1 fully saturated rings. The van der Waals surface area contributed by atoms with E-state index in [1.807, 2.05) is 0 Å². The van der Waals surface area contributed by atoms with Crippen molar-refractivity contribution in [1.82, 2.24) is 14.9 Å². The molecule has 5 rings (SSSR count). The largest absolute Gasteiger partial charge is 0.493 e. The number of nitrogens with two attached hydrogens (primary N) is 1. The molecule has 0 aliphatic carbocycles. The summed E-state index contributed by atoms with van der Waals surface area (Å²) in [6.45, 7) is -17.9. The summed E-state index contributed by atoms with van der Waals surface area (Å²) in [6, 6.07) is 8.17. The molecule has 1 saturated heterocycles. The second kappa shape index (κ2) is 8.53. The fourth-order valence-electron chi connectivity index (χ4n) is 3.11. The van der Waals surface area contributed by atoms with Crippen LogP contribution in [0, 0.1) is 0 Å². The lowest BCUT2D eigenvalue weighted by atomic mass is 10.2. The predicted molar refractivity (Wildman–Crippen MR) is 122 cm³/mol. The van der Waals surface area contributed by atoms with Crippen molar-refractivity contribution in [2.75, 3.05) is 57.4 Å². The number of nitrogen functional groups attached to an aromatic ring is 1. The summed E-state index contributed by atoms with van der Waals surface area (Å²) >= 11 is 0. The van der Waals surface area contributed by atoms with Crippen LogP contribution in [0.25, 0.3) is 10.9 Å². The van der Waals surface area contributed by atoms with Crippen LogP contribution in [-0.4, -0.2) is 73.6 Å². The molecule has 3 heterocycles. The van der Waals surface area contributed by atoms with E-state index < -0.39 is 56.3 Å². The summed E-state index contributed by atoms with van der Waals surface area (Å²) in [5.74, 6) is -3.32. The van der Waals surface area contributed by atoms with Gasteiger partial charge in [0.2, 0.25) is 12.1 Å². The number of hydrogen-bond donors (Lipinski definition) is 1. The average molecular weight is 464 g/mol. The molecule has 1 aromatic heterocycles. The highest BCUT2D eigenvalue weighted by atomic mass is 16.6. The molecule has 33 heavy (non-hydrogen) atoms. The van der Waals surface area contributed by atoms with Crippen molar-refractivity contribution in [3.63, 3.8) is 0 Å². The number of anilines is 2. The number of ether oxygens (including phenoxy) is 4. The number of piperazine rings is 1. The Labute approximate surface area is 207 Å². The minimum Gasteiger partial charge on any atom is -0.493 e. The number of carbonyl (C=O) groups is 1. The van der Waals surface area contributed by atoms with Gasteiger partial charge >= 0.3 is 0 Å². The third-order valence-electron chi connectivity index (χ3n) is 4.73. The van der Waals surface area contributed by atoms with E-state index in [-0.39, 0.29) is 49.4 Å². The van der Waals surface area contributed by atoms with Crippen molar-refractivity contribution in [3.8, 4) is 23.0 Å². The smallest absolute Gasteiger partial charge is 0.267 e. The van der Waals surface area contributed by atoms with E-state index in [9.17, 15) is 4.79 Å².